The molecule has 0 radical (unpaired) electrons. The molecule has 1 saturated heterocycles. The SMILES string of the molecule is O=S(=O)(c1ccc(OC(F)(F)F)cc1)N1CCC(=NOCc2nc3ncc(Cl)cc3[nH]2)CC1. The lowest BCUT2D eigenvalue weighted by Crippen LogP contribution is -2.38. The van der Waals surface area contributed by atoms with E-state index in [9.17, 15) is 21.6 Å². The van der Waals surface area contributed by atoms with Gasteiger partial charge in [0.2, 0.25) is 10.0 Å². The number of ether oxygens (including phenoxy) is 1. The van der Waals surface area contributed by atoms with Crippen LogP contribution in [0.5, 0.6) is 5.75 Å². The molecule has 1 aliphatic heterocycles. The number of halogens is 4. The molecule has 33 heavy (non-hydrogen) atoms. The van der Waals surface area contributed by atoms with E-state index in [1.807, 2.05) is 0 Å². The summed E-state index contributed by atoms with van der Waals surface area (Å²) in [5.74, 6) is 0.0251. The molecule has 1 aliphatic rings. The number of hydrogen-bond acceptors (Lipinski definition) is 7. The molecule has 3 heterocycles. The van der Waals surface area contributed by atoms with Gasteiger partial charge < -0.3 is 14.6 Å². The Hall–Kier alpha value is -2.90. The fourth-order valence-electron chi connectivity index (χ4n) is 3.22. The normalized spacial score (nSPS) is 15.6. The Labute approximate surface area is 191 Å². The highest BCUT2D eigenvalue weighted by Crippen LogP contribution is 2.26. The number of aromatic nitrogens is 3. The molecule has 0 saturated carbocycles. The summed E-state index contributed by atoms with van der Waals surface area (Å²) in [6.07, 6.45) is -2.65. The van der Waals surface area contributed by atoms with E-state index in [1.165, 1.54) is 10.5 Å². The molecular formula is C19H17ClF3N5O4S. The maximum absolute atomic E-state index is 12.8. The predicted octanol–water partition coefficient (Wildman–Crippen LogP) is 3.87. The molecule has 0 unspecified atom stereocenters. The molecule has 2 aromatic heterocycles. The number of oxime groups is 1. The topological polar surface area (TPSA) is 110 Å². The van der Waals surface area contributed by atoms with Gasteiger partial charge in [0.05, 0.1) is 21.1 Å². The molecule has 0 spiro atoms. The van der Waals surface area contributed by atoms with Gasteiger partial charge in [-0.15, -0.1) is 13.2 Å². The Bertz CT molecular complexity index is 1270. The number of piperidine rings is 1. The Balaban J connectivity index is 1.32. The molecule has 14 heteroatoms. The minimum Gasteiger partial charge on any atom is -0.406 e. The highest BCUT2D eigenvalue weighted by atomic mass is 35.5. The van der Waals surface area contributed by atoms with E-state index in [0.29, 0.717) is 40.6 Å². The van der Waals surface area contributed by atoms with Gasteiger partial charge in [-0.3, -0.25) is 0 Å². The van der Waals surface area contributed by atoms with Gasteiger partial charge in [-0.2, -0.15) is 4.31 Å². The summed E-state index contributed by atoms with van der Waals surface area (Å²) < 4.78 is 67.3. The van der Waals surface area contributed by atoms with Crippen LogP contribution in [0, 0.1) is 0 Å². The zero-order valence-corrected chi connectivity index (χ0v) is 18.4. The van der Waals surface area contributed by atoms with Crippen molar-refractivity contribution in [3.8, 4) is 5.75 Å². The fraction of sp³-hybridized carbons (Fsp3) is 0.316. The first-order valence-corrected chi connectivity index (χ1v) is 11.5. The van der Waals surface area contributed by atoms with Gasteiger partial charge in [-0.25, -0.2) is 18.4 Å². The van der Waals surface area contributed by atoms with Crippen molar-refractivity contribution in [1.82, 2.24) is 19.3 Å². The number of rotatable bonds is 6. The number of H-pyrrole nitrogens is 1. The van der Waals surface area contributed by atoms with Gasteiger partial charge in [-0.1, -0.05) is 16.8 Å². The minimum absolute atomic E-state index is 0.0752. The Morgan fingerprint density at radius 1 is 1.18 bits per heavy atom. The average Bonchev–Trinajstić information content (AvgIpc) is 3.15. The van der Waals surface area contributed by atoms with E-state index in [-0.39, 0.29) is 24.6 Å². The van der Waals surface area contributed by atoms with Gasteiger partial charge in [0.15, 0.2) is 12.3 Å². The third kappa shape index (κ3) is 5.72. The maximum Gasteiger partial charge on any atom is 0.573 e. The summed E-state index contributed by atoms with van der Waals surface area (Å²) in [6, 6.07) is 5.79. The first-order valence-electron chi connectivity index (χ1n) is 9.64. The van der Waals surface area contributed by atoms with Gasteiger partial charge >= 0.3 is 6.36 Å². The first kappa shape index (κ1) is 23.3. The summed E-state index contributed by atoms with van der Waals surface area (Å²) in [5.41, 5.74) is 1.86. The molecule has 0 aliphatic carbocycles. The molecule has 176 valence electrons. The second-order valence-electron chi connectivity index (χ2n) is 7.06. The van der Waals surface area contributed by atoms with Crippen molar-refractivity contribution >= 4 is 38.5 Å². The van der Waals surface area contributed by atoms with Crippen LogP contribution in [0.25, 0.3) is 11.2 Å². The number of pyridine rings is 1. The lowest BCUT2D eigenvalue weighted by molar-refractivity contribution is -0.274. The quantitative estimate of drug-likeness (QED) is 0.511. The van der Waals surface area contributed by atoms with Crippen molar-refractivity contribution in [2.75, 3.05) is 13.1 Å². The Morgan fingerprint density at radius 3 is 2.55 bits per heavy atom. The number of nitrogens with zero attached hydrogens (tertiary/aromatic N) is 4. The van der Waals surface area contributed by atoms with E-state index in [4.69, 9.17) is 16.4 Å². The highest BCUT2D eigenvalue weighted by Gasteiger charge is 2.32. The standard InChI is InChI=1S/C19H17ClF3N5O4S/c20-12-9-16-18(24-10-12)26-17(25-16)11-31-27-13-5-7-28(8-6-13)33(29,30)15-3-1-14(2-4-15)32-19(21,22)23/h1-4,9-10H,5-8,11H2,(H,24,25,26). The van der Waals surface area contributed by atoms with Crippen LogP contribution >= 0.6 is 11.6 Å². The molecule has 0 amide bonds. The number of sulfonamides is 1. The summed E-state index contributed by atoms with van der Waals surface area (Å²) >= 11 is 5.89. The van der Waals surface area contributed by atoms with E-state index in [1.54, 1.807) is 6.07 Å². The molecule has 1 N–H and O–H groups in total. The number of aromatic amines is 1. The number of fused-ring (bicyclic) bond motifs is 1. The van der Waals surface area contributed by atoms with Crippen LogP contribution in [0.4, 0.5) is 13.2 Å². The van der Waals surface area contributed by atoms with E-state index >= 15 is 0 Å². The van der Waals surface area contributed by atoms with Crippen LogP contribution < -0.4 is 4.74 Å². The third-order valence-electron chi connectivity index (χ3n) is 4.74. The van der Waals surface area contributed by atoms with Crippen LogP contribution in [-0.2, 0) is 21.5 Å². The molecule has 1 fully saturated rings. The minimum atomic E-state index is -4.85. The lowest BCUT2D eigenvalue weighted by atomic mass is 10.1. The monoisotopic (exact) mass is 503 g/mol. The van der Waals surface area contributed by atoms with Gasteiger partial charge in [0.25, 0.3) is 0 Å². The second-order valence-corrected chi connectivity index (χ2v) is 9.44. The van der Waals surface area contributed by atoms with Crippen LogP contribution in [-0.4, -0.2) is 52.8 Å². The lowest BCUT2D eigenvalue weighted by Gasteiger charge is -2.26. The molecule has 1 aromatic carbocycles. The predicted molar refractivity (Wildman–Crippen MR) is 112 cm³/mol. The number of hydrogen-bond donors (Lipinski definition) is 1. The van der Waals surface area contributed by atoms with E-state index in [0.717, 1.165) is 24.3 Å². The Morgan fingerprint density at radius 2 is 1.88 bits per heavy atom. The zero-order valence-electron chi connectivity index (χ0n) is 16.8. The van der Waals surface area contributed by atoms with E-state index < -0.39 is 22.1 Å². The summed E-state index contributed by atoms with van der Waals surface area (Å²) in [4.78, 5) is 16.6. The number of imidazole rings is 1. The van der Waals surface area contributed by atoms with Crippen molar-refractivity contribution in [3.05, 3.63) is 47.4 Å². The summed E-state index contributed by atoms with van der Waals surface area (Å²) in [7, 11) is -3.86. The summed E-state index contributed by atoms with van der Waals surface area (Å²) in [5, 5.41) is 4.54. The maximum atomic E-state index is 12.8. The van der Waals surface area contributed by atoms with Gasteiger partial charge in [0, 0.05) is 32.1 Å². The fourth-order valence-corrected chi connectivity index (χ4v) is 4.82. The van der Waals surface area contributed by atoms with Crippen LogP contribution in [0.2, 0.25) is 5.02 Å². The third-order valence-corrected chi connectivity index (χ3v) is 6.86. The average molecular weight is 504 g/mol. The van der Waals surface area contributed by atoms with Crippen molar-refractivity contribution in [3.63, 3.8) is 0 Å². The summed E-state index contributed by atoms with van der Waals surface area (Å²) in [6.45, 7) is 0.405. The molecule has 0 bridgehead atoms. The van der Waals surface area contributed by atoms with Gasteiger partial charge in [0.1, 0.15) is 11.6 Å². The smallest absolute Gasteiger partial charge is 0.406 e. The van der Waals surface area contributed by atoms with Crippen LogP contribution in [0.3, 0.4) is 0 Å². The van der Waals surface area contributed by atoms with Crippen LogP contribution in [0.1, 0.15) is 18.7 Å². The second kappa shape index (κ2) is 9.15. The number of benzene rings is 1. The van der Waals surface area contributed by atoms with Crippen molar-refractivity contribution in [2.45, 2.75) is 30.7 Å². The van der Waals surface area contributed by atoms with Crippen molar-refractivity contribution < 1.29 is 31.2 Å². The van der Waals surface area contributed by atoms with Crippen molar-refractivity contribution in [1.29, 1.82) is 0 Å². The Kier molecular flexibility index (Phi) is 6.45. The van der Waals surface area contributed by atoms with Crippen molar-refractivity contribution in [2.24, 2.45) is 5.16 Å². The number of alkyl halides is 3. The zero-order chi connectivity index (χ0) is 23.6. The molecule has 0 atom stereocenters. The molecular weight excluding hydrogens is 487 g/mol. The number of nitrogens with one attached hydrogen (secondary N) is 1. The van der Waals surface area contributed by atoms with Crippen LogP contribution in [0.15, 0.2) is 46.6 Å². The molecule has 9 nitrogen and oxygen atoms in total. The van der Waals surface area contributed by atoms with Gasteiger partial charge in [-0.05, 0) is 30.3 Å². The van der Waals surface area contributed by atoms with E-state index in [2.05, 4.69) is 24.8 Å². The first-order chi connectivity index (χ1) is 15.6. The highest BCUT2D eigenvalue weighted by molar-refractivity contribution is 7.89. The largest absolute Gasteiger partial charge is 0.573 e. The molecule has 3 aromatic rings. The molecule has 4 rings (SSSR count).